The van der Waals surface area contributed by atoms with E-state index in [1.54, 1.807) is 18.2 Å². The lowest BCUT2D eigenvalue weighted by Gasteiger charge is -2.12. The fraction of sp³-hybridized carbons (Fsp3) is 0.333. The maximum Gasteiger partial charge on any atom is 0.332 e. The first-order chi connectivity index (χ1) is 13.0. The van der Waals surface area contributed by atoms with Crippen LogP contribution in [0.25, 0.3) is 16.9 Å². The number of nitrogens with zero attached hydrogens (tertiary/aromatic N) is 3. The molecule has 3 N–H and O–H groups in total. The van der Waals surface area contributed by atoms with Crippen LogP contribution in [0.15, 0.2) is 23.0 Å². The molecular weight excluding hydrogens is 350 g/mol. The SMILES string of the molecule is CCC(CC)c1nc(C(N)=O)c2[nH]c(=O)n(-c3ccc4c(c3)OCO4)c2n1. The molecule has 3 aromatic rings. The van der Waals surface area contributed by atoms with Crippen molar-refractivity contribution in [3.63, 3.8) is 0 Å². The summed E-state index contributed by atoms with van der Waals surface area (Å²) in [6.07, 6.45) is 1.61. The van der Waals surface area contributed by atoms with Crippen molar-refractivity contribution in [2.75, 3.05) is 6.79 Å². The average molecular weight is 369 g/mol. The molecule has 140 valence electrons. The van der Waals surface area contributed by atoms with Gasteiger partial charge in [-0.2, -0.15) is 0 Å². The molecule has 1 aliphatic rings. The van der Waals surface area contributed by atoms with Gasteiger partial charge in [-0.25, -0.2) is 19.3 Å². The molecule has 9 nitrogen and oxygen atoms in total. The number of aromatic amines is 1. The first-order valence-corrected chi connectivity index (χ1v) is 8.76. The number of fused-ring (bicyclic) bond motifs is 2. The van der Waals surface area contributed by atoms with Crippen LogP contribution in [0, 0.1) is 0 Å². The second-order valence-corrected chi connectivity index (χ2v) is 6.31. The number of primary amides is 1. The zero-order chi connectivity index (χ0) is 19.1. The maximum absolute atomic E-state index is 12.6. The van der Waals surface area contributed by atoms with Crippen LogP contribution < -0.4 is 20.9 Å². The van der Waals surface area contributed by atoms with Gasteiger partial charge in [0.05, 0.1) is 5.69 Å². The van der Waals surface area contributed by atoms with Crippen molar-refractivity contribution in [2.45, 2.75) is 32.6 Å². The molecule has 0 bridgehead atoms. The quantitative estimate of drug-likeness (QED) is 0.707. The third kappa shape index (κ3) is 2.71. The topological polar surface area (TPSA) is 125 Å². The normalized spacial score (nSPS) is 12.9. The van der Waals surface area contributed by atoms with E-state index in [0.717, 1.165) is 12.8 Å². The molecule has 3 heterocycles. The Morgan fingerprint density at radius 2 is 2.00 bits per heavy atom. The Bertz CT molecular complexity index is 1100. The van der Waals surface area contributed by atoms with Crippen molar-refractivity contribution in [1.29, 1.82) is 0 Å². The second-order valence-electron chi connectivity index (χ2n) is 6.31. The first kappa shape index (κ1) is 17.1. The number of rotatable bonds is 5. The van der Waals surface area contributed by atoms with E-state index in [1.165, 1.54) is 4.57 Å². The molecule has 1 amide bonds. The van der Waals surface area contributed by atoms with Crippen molar-refractivity contribution in [3.8, 4) is 17.2 Å². The summed E-state index contributed by atoms with van der Waals surface area (Å²) >= 11 is 0. The van der Waals surface area contributed by atoms with Gasteiger partial charge >= 0.3 is 5.69 Å². The van der Waals surface area contributed by atoms with E-state index in [1.807, 2.05) is 13.8 Å². The Morgan fingerprint density at radius 1 is 1.26 bits per heavy atom. The minimum atomic E-state index is -0.714. The average Bonchev–Trinajstić information content (AvgIpc) is 3.24. The van der Waals surface area contributed by atoms with Crippen LogP contribution in [0.1, 0.15) is 48.9 Å². The van der Waals surface area contributed by atoms with E-state index in [2.05, 4.69) is 15.0 Å². The Hall–Kier alpha value is -3.36. The second kappa shape index (κ2) is 6.42. The van der Waals surface area contributed by atoms with Gasteiger partial charge in [-0.1, -0.05) is 13.8 Å². The van der Waals surface area contributed by atoms with Gasteiger partial charge in [-0.05, 0) is 25.0 Å². The number of hydrogen-bond donors (Lipinski definition) is 2. The third-order valence-corrected chi connectivity index (χ3v) is 4.75. The van der Waals surface area contributed by atoms with E-state index < -0.39 is 11.6 Å². The highest BCUT2D eigenvalue weighted by molar-refractivity contribution is 6.01. The van der Waals surface area contributed by atoms with Crippen LogP contribution in [-0.4, -0.2) is 32.2 Å². The number of ether oxygens (including phenoxy) is 2. The smallest absolute Gasteiger partial charge is 0.332 e. The summed E-state index contributed by atoms with van der Waals surface area (Å²) in [6, 6.07) is 5.14. The minimum Gasteiger partial charge on any atom is -0.454 e. The Kier molecular flexibility index (Phi) is 4.06. The zero-order valence-electron chi connectivity index (χ0n) is 15.0. The lowest BCUT2D eigenvalue weighted by molar-refractivity contribution is 0.0996. The summed E-state index contributed by atoms with van der Waals surface area (Å²) in [6.45, 7) is 4.18. The molecule has 0 aliphatic carbocycles. The molecule has 0 saturated heterocycles. The molecule has 0 unspecified atom stereocenters. The molecule has 0 fully saturated rings. The Balaban J connectivity index is 1.99. The number of imidazole rings is 1. The van der Waals surface area contributed by atoms with Crippen LogP contribution in [0.5, 0.6) is 11.5 Å². The minimum absolute atomic E-state index is 0.0125. The van der Waals surface area contributed by atoms with Crippen molar-refractivity contribution >= 4 is 17.1 Å². The Morgan fingerprint density at radius 3 is 2.70 bits per heavy atom. The predicted octanol–water partition coefficient (Wildman–Crippen LogP) is 1.84. The molecule has 0 spiro atoms. The first-order valence-electron chi connectivity index (χ1n) is 8.76. The van der Waals surface area contributed by atoms with E-state index in [4.69, 9.17) is 15.2 Å². The van der Waals surface area contributed by atoms with Gasteiger partial charge in [0.2, 0.25) is 6.79 Å². The molecular formula is C18H19N5O4. The molecule has 9 heteroatoms. The largest absolute Gasteiger partial charge is 0.454 e. The number of amides is 1. The molecule has 27 heavy (non-hydrogen) atoms. The van der Waals surface area contributed by atoms with Gasteiger partial charge < -0.3 is 20.2 Å². The summed E-state index contributed by atoms with van der Waals surface area (Å²) < 4.78 is 12.1. The molecule has 0 atom stereocenters. The van der Waals surface area contributed by atoms with E-state index >= 15 is 0 Å². The predicted molar refractivity (Wildman–Crippen MR) is 97.4 cm³/mol. The van der Waals surface area contributed by atoms with Gasteiger partial charge in [0.25, 0.3) is 5.91 Å². The fourth-order valence-electron chi connectivity index (χ4n) is 3.28. The number of carbonyl (C=O) groups is 1. The van der Waals surface area contributed by atoms with Crippen LogP contribution in [0.4, 0.5) is 0 Å². The van der Waals surface area contributed by atoms with Crippen molar-refractivity contribution < 1.29 is 14.3 Å². The summed E-state index contributed by atoms with van der Waals surface area (Å²) in [7, 11) is 0. The summed E-state index contributed by atoms with van der Waals surface area (Å²) in [4.78, 5) is 36.2. The molecule has 0 saturated carbocycles. The summed E-state index contributed by atoms with van der Waals surface area (Å²) in [5.41, 5.74) is 6.15. The molecule has 1 aliphatic heterocycles. The summed E-state index contributed by atoms with van der Waals surface area (Å²) in [5.74, 6) is 0.987. The standard InChI is InChI=1S/C18H19N5O4/c1-3-9(4-2)16-20-13(15(19)24)14-17(22-16)23(18(25)21-14)10-5-6-11-12(7-10)27-8-26-11/h5-7,9H,3-4,8H2,1-2H3,(H2,19,24)(H,21,25). The Labute approximate surface area is 154 Å². The molecule has 0 radical (unpaired) electrons. The number of benzene rings is 1. The van der Waals surface area contributed by atoms with Gasteiger partial charge in [0.1, 0.15) is 11.3 Å². The highest BCUT2D eigenvalue weighted by Gasteiger charge is 2.23. The van der Waals surface area contributed by atoms with Gasteiger partial charge in [0.15, 0.2) is 22.8 Å². The number of aromatic nitrogens is 4. The lowest BCUT2D eigenvalue weighted by Crippen LogP contribution is -2.17. The number of carbonyl (C=O) groups excluding carboxylic acids is 1. The van der Waals surface area contributed by atoms with Crippen LogP contribution in [-0.2, 0) is 0 Å². The number of H-pyrrole nitrogens is 1. The molecule has 4 rings (SSSR count). The van der Waals surface area contributed by atoms with Crippen LogP contribution >= 0.6 is 0 Å². The van der Waals surface area contributed by atoms with Crippen molar-refractivity contribution in [3.05, 3.63) is 40.2 Å². The van der Waals surface area contributed by atoms with E-state index in [0.29, 0.717) is 28.7 Å². The van der Waals surface area contributed by atoms with Crippen LogP contribution in [0.3, 0.4) is 0 Å². The summed E-state index contributed by atoms with van der Waals surface area (Å²) in [5, 5.41) is 0. The van der Waals surface area contributed by atoms with Gasteiger partial charge in [0, 0.05) is 12.0 Å². The van der Waals surface area contributed by atoms with E-state index in [9.17, 15) is 9.59 Å². The number of nitrogens with one attached hydrogen (secondary N) is 1. The van der Waals surface area contributed by atoms with Crippen LogP contribution in [0.2, 0.25) is 0 Å². The maximum atomic E-state index is 12.6. The van der Waals surface area contributed by atoms with Gasteiger partial charge in [-0.3, -0.25) is 4.79 Å². The zero-order valence-corrected chi connectivity index (χ0v) is 15.0. The van der Waals surface area contributed by atoms with E-state index in [-0.39, 0.29) is 23.9 Å². The third-order valence-electron chi connectivity index (χ3n) is 4.75. The van der Waals surface area contributed by atoms with Gasteiger partial charge in [-0.15, -0.1) is 0 Å². The monoisotopic (exact) mass is 369 g/mol. The lowest BCUT2D eigenvalue weighted by atomic mass is 10.0. The molecule has 1 aromatic carbocycles. The van der Waals surface area contributed by atoms with Crippen molar-refractivity contribution in [1.82, 2.24) is 19.5 Å². The fourth-order valence-corrected chi connectivity index (χ4v) is 3.28. The number of hydrogen-bond acceptors (Lipinski definition) is 6. The highest BCUT2D eigenvalue weighted by atomic mass is 16.7. The number of nitrogens with two attached hydrogens (primary N) is 1. The highest BCUT2D eigenvalue weighted by Crippen LogP contribution is 2.34. The molecule has 2 aromatic heterocycles. The van der Waals surface area contributed by atoms with Crippen molar-refractivity contribution in [2.24, 2.45) is 5.73 Å².